The number of hydrogen-bond donors (Lipinski definition) is 2. The average molecular weight is 283 g/mol. The van der Waals surface area contributed by atoms with Crippen molar-refractivity contribution in [2.45, 2.75) is 13.1 Å². The Hall–Kier alpha value is -1.79. The van der Waals surface area contributed by atoms with Crippen LogP contribution in [-0.2, 0) is 13.1 Å². The molecule has 1 aromatic carbocycles. The number of aromatic nitrogens is 3. The molecule has 0 aliphatic heterocycles. The summed E-state index contributed by atoms with van der Waals surface area (Å²) < 4.78 is 6.77. The minimum absolute atomic E-state index is 0.111. The maximum absolute atomic E-state index is 9.95. The molecule has 0 saturated heterocycles. The van der Waals surface area contributed by atoms with E-state index in [1.165, 1.54) is 7.11 Å². The minimum atomic E-state index is 0.111. The molecule has 6 nitrogen and oxygen atoms in total. The van der Waals surface area contributed by atoms with Crippen molar-refractivity contribution in [3.63, 3.8) is 0 Å². The first kappa shape index (κ1) is 13.6. The Morgan fingerprint density at radius 1 is 1.47 bits per heavy atom. The third-order valence-corrected chi connectivity index (χ3v) is 2.86. The summed E-state index contributed by atoms with van der Waals surface area (Å²) in [4.78, 5) is 0. The molecule has 2 aromatic rings. The first-order chi connectivity index (χ1) is 9.20. The van der Waals surface area contributed by atoms with E-state index in [9.17, 15) is 5.11 Å². The number of aromatic hydroxyl groups is 1. The summed E-state index contributed by atoms with van der Waals surface area (Å²) in [5.74, 6) is 0.487. The van der Waals surface area contributed by atoms with Gasteiger partial charge >= 0.3 is 0 Å². The third-order valence-electron chi connectivity index (χ3n) is 2.64. The van der Waals surface area contributed by atoms with E-state index in [0.29, 0.717) is 36.0 Å². The predicted octanol–water partition coefficient (Wildman–Crippen LogP) is 1.44. The zero-order valence-electron chi connectivity index (χ0n) is 10.5. The number of ether oxygens (including phenoxy) is 1. The van der Waals surface area contributed by atoms with Gasteiger partial charge in [0.1, 0.15) is 0 Å². The topological polar surface area (TPSA) is 72.2 Å². The van der Waals surface area contributed by atoms with Crippen molar-refractivity contribution in [3.8, 4) is 11.5 Å². The minimum Gasteiger partial charge on any atom is -0.504 e. The Bertz CT molecular complexity index is 531. The number of phenolic OH excluding ortho intramolecular Hbond substituents is 1. The van der Waals surface area contributed by atoms with Crippen molar-refractivity contribution in [2.75, 3.05) is 13.7 Å². The van der Waals surface area contributed by atoms with Crippen LogP contribution in [0.25, 0.3) is 0 Å². The second kappa shape index (κ2) is 6.40. The number of phenols is 1. The summed E-state index contributed by atoms with van der Waals surface area (Å²) in [7, 11) is 1.49. The highest BCUT2D eigenvalue weighted by Gasteiger charge is 2.09. The molecule has 0 saturated carbocycles. The number of benzene rings is 1. The number of hydrogen-bond acceptors (Lipinski definition) is 5. The fraction of sp³-hybridized carbons (Fsp3) is 0.333. The van der Waals surface area contributed by atoms with E-state index in [-0.39, 0.29) is 5.75 Å². The van der Waals surface area contributed by atoms with Crippen molar-refractivity contribution in [1.82, 2.24) is 20.3 Å². The number of halogens is 1. The fourth-order valence-electron chi connectivity index (χ4n) is 1.69. The Kier molecular flexibility index (Phi) is 4.59. The highest BCUT2D eigenvalue weighted by atomic mass is 35.5. The quantitative estimate of drug-likeness (QED) is 0.785. The van der Waals surface area contributed by atoms with Gasteiger partial charge in [0.15, 0.2) is 11.5 Å². The molecule has 0 bridgehead atoms. The molecule has 0 aliphatic rings. The van der Waals surface area contributed by atoms with Gasteiger partial charge in [0.2, 0.25) is 0 Å². The average Bonchev–Trinajstić information content (AvgIpc) is 2.91. The van der Waals surface area contributed by atoms with Gasteiger partial charge in [0.05, 0.1) is 19.9 Å². The normalized spacial score (nSPS) is 10.6. The second-order valence-corrected chi connectivity index (χ2v) is 4.40. The number of nitrogens with one attached hydrogen (secondary N) is 1. The van der Waals surface area contributed by atoms with Gasteiger partial charge in [-0.3, -0.25) is 4.68 Å². The SMILES string of the molecule is COc1cc(Cl)cc(CNCCn2ccnn2)c1O. The van der Waals surface area contributed by atoms with Crippen molar-refractivity contribution >= 4 is 11.6 Å². The maximum Gasteiger partial charge on any atom is 0.162 e. The van der Waals surface area contributed by atoms with Crippen LogP contribution in [-0.4, -0.2) is 33.8 Å². The van der Waals surface area contributed by atoms with Crippen LogP contribution in [0.3, 0.4) is 0 Å². The molecule has 0 aliphatic carbocycles. The van der Waals surface area contributed by atoms with E-state index in [1.54, 1.807) is 29.2 Å². The van der Waals surface area contributed by atoms with Gasteiger partial charge in [-0.1, -0.05) is 16.8 Å². The van der Waals surface area contributed by atoms with Crippen molar-refractivity contribution < 1.29 is 9.84 Å². The second-order valence-electron chi connectivity index (χ2n) is 3.96. The monoisotopic (exact) mass is 282 g/mol. The van der Waals surface area contributed by atoms with Crippen LogP contribution in [0.2, 0.25) is 5.02 Å². The molecule has 19 heavy (non-hydrogen) atoms. The van der Waals surface area contributed by atoms with Crippen molar-refractivity contribution in [1.29, 1.82) is 0 Å². The van der Waals surface area contributed by atoms with Gasteiger partial charge in [0, 0.05) is 35.9 Å². The van der Waals surface area contributed by atoms with Crippen molar-refractivity contribution in [3.05, 3.63) is 35.1 Å². The predicted molar refractivity (Wildman–Crippen MR) is 71.4 cm³/mol. The van der Waals surface area contributed by atoms with Gasteiger partial charge in [-0.25, -0.2) is 0 Å². The van der Waals surface area contributed by atoms with Crippen LogP contribution in [0.1, 0.15) is 5.56 Å². The molecule has 0 fully saturated rings. The van der Waals surface area contributed by atoms with E-state index in [0.717, 1.165) is 0 Å². The Labute approximate surface area is 116 Å². The van der Waals surface area contributed by atoms with E-state index in [4.69, 9.17) is 16.3 Å². The summed E-state index contributed by atoms with van der Waals surface area (Å²) in [5.41, 5.74) is 0.697. The zero-order chi connectivity index (χ0) is 13.7. The molecule has 7 heteroatoms. The lowest BCUT2D eigenvalue weighted by Crippen LogP contribution is -2.20. The molecule has 2 rings (SSSR count). The van der Waals surface area contributed by atoms with Gasteiger partial charge < -0.3 is 15.2 Å². The fourth-order valence-corrected chi connectivity index (χ4v) is 1.92. The highest BCUT2D eigenvalue weighted by molar-refractivity contribution is 6.30. The van der Waals surface area contributed by atoms with Crippen LogP contribution in [0, 0.1) is 0 Å². The number of methoxy groups -OCH3 is 1. The van der Waals surface area contributed by atoms with Gasteiger partial charge in [-0.2, -0.15) is 0 Å². The summed E-state index contributed by atoms with van der Waals surface area (Å²) in [5, 5.41) is 21.2. The molecule has 0 atom stereocenters. The van der Waals surface area contributed by atoms with Crippen LogP contribution >= 0.6 is 11.6 Å². The highest BCUT2D eigenvalue weighted by Crippen LogP contribution is 2.33. The third kappa shape index (κ3) is 3.59. The molecule has 0 unspecified atom stereocenters. The number of nitrogens with zero attached hydrogens (tertiary/aromatic N) is 3. The molecule has 0 spiro atoms. The lowest BCUT2D eigenvalue weighted by Gasteiger charge is -2.10. The Morgan fingerprint density at radius 2 is 2.32 bits per heavy atom. The summed E-state index contributed by atoms with van der Waals surface area (Å²) in [6.45, 7) is 1.91. The van der Waals surface area contributed by atoms with Gasteiger partial charge in [-0.05, 0) is 6.07 Å². The smallest absolute Gasteiger partial charge is 0.162 e. The summed E-state index contributed by atoms with van der Waals surface area (Å²) in [6, 6.07) is 3.29. The van der Waals surface area contributed by atoms with Gasteiger partial charge in [0.25, 0.3) is 0 Å². The summed E-state index contributed by atoms with van der Waals surface area (Å²) >= 11 is 5.95. The van der Waals surface area contributed by atoms with E-state index < -0.39 is 0 Å². The summed E-state index contributed by atoms with van der Waals surface area (Å²) in [6.07, 6.45) is 3.43. The van der Waals surface area contributed by atoms with Crippen LogP contribution in [0.5, 0.6) is 11.5 Å². The molecule has 0 amide bonds. The molecule has 102 valence electrons. The molecular formula is C12H15ClN4O2. The molecule has 0 radical (unpaired) electrons. The molecule has 1 heterocycles. The maximum atomic E-state index is 9.95. The lowest BCUT2D eigenvalue weighted by atomic mass is 10.2. The Balaban J connectivity index is 1.90. The lowest BCUT2D eigenvalue weighted by molar-refractivity contribution is 0.369. The van der Waals surface area contributed by atoms with Crippen LogP contribution < -0.4 is 10.1 Å². The molecule has 1 aromatic heterocycles. The van der Waals surface area contributed by atoms with Crippen LogP contribution in [0.15, 0.2) is 24.5 Å². The van der Waals surface area contributed by atoms with E-state index >= 15 is 0 Å². The Morgan fingerprint density at radius 3 is 3.00 bits per heavy atom. The molecular weight excluding hydrogens is 268 g/mol. The first-order valence-electron chi connectivity index (χ1n) is 5.81. The zero-order valence-corrected chi connectivity index (χ0v) is 11.3. The van der Waals surface area contributed by atoms with Gasteiger partial charge in [-0.15, -0.1) is 5.10 Å². The standard InChI is InChI=1S/C12H15ClN4O2/c1-19-11-7-10(13)6-9(12(11)18)8-14-2-4-17-5-3-15-16-17/h3,5-7,14,18H,2,4,8H2,1H3. The van der Waals surface area contributed by atoms with Crippen molar-refractivity contribution in [2.24, 2.45) is 0 Å². The van der Waals surface area contributed by atoms with Crippen LogP contribution in [0.4, 0.5) is 0 Å². The van der Waals surface area contributed by atoms with E-state index in [2.05, 4.69) is 15.6 Å². The van der Waals surface area contributed by atoms with E-state index in [1.807, 2.05) is 0 Å². The largest absolute Gasteiger partial charge is 0.504 e. The number of rotatable bonds is 6. The first-order valence-corrected chi connectivity index (χ1v) is 6.18. The molecule has 2 N–H and O–H groups in total.